The normalized spacial score (nSPS) is 17.3. The fraction of sp³-hybridized carbons (Fsp3) is 0.250. The molecule has 4 heterocycles. The number of halogens is 1. The first-order valence-corrected chi connectivity index (χ1v) is 10.6. The maximum Gasteiger partial charge on any atom is 0.208 e. The molecule has 1 fully saturated rings. The van der Waals surface area contributed by atoms with E-state index in [1.165, 1.54) is 18.1 Å². The van der Waals surface area contributed by atoms with E-state index in [-0.39, 0.29) is 5.82 Å². The van der Waals surface area contributed by atoms with Gasteiger partial charge in [-0.25, -0.2) is 14.4 Å². The van der Waals surface area contributed by atoms with Crippen molar-refractivity contribution < 1.29 is 9.13 Å². The Kier molecular flexibility index (Phi) is 4.35. The van der Waals surface area contributed by atoms with Crippen LogP contribution < -0.4 is 15.4 Å². The maximum atomic E-state index is 14.5. The van der Waals surface area contributed by atoms with Gasteiger partial charge in [0.15, 0.2) is 0 Å². The number of nitrogens with zero attached hydrogens (tertiary/aromatic N) is 3. The molecule has 2 aromatic carbocycles. The SMILES string of the molecule is Fc1ccc2c(c1CNc1ncc(-c3ccc(C4CCN4)cc3)c3nccn13)CCO2. The van der Waals surface area contributed by atoms with E-state index in [0.29, 0.717) is 30.7 Å². The van der Waals surface area contributed by atoms with Crippen molar-refractivity contribution in [2.24, 2.45) is 0 Å². The zero-order valence-corrected chi connectivity index (χ0v) is 16.9. The molecule has 6 rings (SSSR count). The lowest BCUT2D eigenvalue weighted by molar-refractivity contribution is 0.356. The van der Waals surface area contributed by atoms with Crippen LogP contribution in [0.1, 0.15) is 29.2 Å². The Morgan fingerprint density at radius 2 is 2.03 bits per heavy atom. The summed E-state index contributed by atoms with van der Waals surface area (Å²) in [6.07, 6.45) is 7.37. The highest BCUT2D eigenvalue weighted by molar-refractivity contribution is 5.78. The van der Waals surface area contributed by atoms with Gasteiger partial charge in [-0.3, -0.25) is 4.40 Å². The molecule has 2 aromatic heterocycles. The summed E-state index contributed by atoms with van der Waals surface area (Å²) in [6, 6.07) is 12.2. The molecule has 0 saturated carbocycles. The molecule has 2 aliphatic rings. The van der Waals surface area contributed by atoms with Crippen LogP contribution in [0.5, 0.6) is 5.75 Å². The molecular weight excluding hydrogens is 393 g/mol. The van der Waals surface area contributed by atoms with E-state index < -0.39 is 0 Å². The predicted octanol–water partition coefficient (Wildman–Crippen LogP) is 4.12. The van der Waals surface area contributed by atoms with Crippen molar-refractivity contribution >= 4 is 11.6 Å². The smallest absolute Gasteiger partial charge is 0.208 e. The number of rotatable bonds is 5. The molecule has 31 heavy (non-hydrogen) atoms. The van der Waals surface area contributed by atoms with Crippen molar-refractivity contribution in [3.05, 3.63) is 77.5 Å². The standard InChI is InChI=1S/C24H22FN5O/c25-20-5-6-22-17(8-12-31-22)19(20)14-29-24-28-13-18(23-27-10-11-30(23)24)15-1-3-16(4-2-15)21-7-9-26-21/h1-6,10-11,13,21,26H,7-9,12,14H2,(H,28,29). The van der Waals surface area contributed by atoms with Gasteiger partial charge in [-0.2, -0.15) is 0 Å². The van der Waals surface area contributed by atoms with Crippen LogP contribution in [0.15, 0.2) is 55.0 Å². The summed E-state index contributed by atoms with van der Waals surface area (Å²) < 4.78 is 22.0. The van der Waals surface area contributed by atoms with E-state index in [1.54, 1.807) is 12.3 Å². The van der Waals surface area contributed by atoms with Crippen LogP contribution >= 0.6 is 0 Å². The lowest BCUT2D eigenvalue weighted by Crippen LogP contribution is -2.34. The monoisotopic (exact) mass is 415 g/mol. The second-order valence-electron chi connectivity index (χ2n) is 7.99. The Hall–Kier alpha value is -3.45. The number of hydrogen-bond donors (Lipinski definition) is 2. The number of ether oxygens (including phenoxy) is 1. The highest BCUT2D eigenvalue weighted by Crippen LogP contribution is 2.31. The molecule has 4 aromatic rings. The zero-order chi connectivity index (χ0) is 20.8. The Morgan fingerprint density at radius 1 is 1.16 bits per heavy atom. The van der Waals surface area contributed by atoms with E-state index in [2.05, 4.69) is 44.9 Å². The minimum absolute atomic E-state index is 0.226. The predicted molar refractivity (Wildman–Crippen MR) is 117 cm³/mol. The summed E-state index contributed by atoms with van der Waals surface area (Å²) in [5, 5.41) is 6.72. The second-order valence-corrected chi connectivity index (χ2v) is 7.99. The summed E-state index contributed by atoms with van der Waals surface area (Å²) in [4.78, 5) is 9.17. The molecule has 0 radical (unpaired) electrons. The summed E-state index contributed by atoms with van der Waals surface area (Å²) in [7, 11) is 0. The Labute approximate surface area is 179 Å². The summed E-state index contributed by atoms with van der Waals surface area (Å²) in [5.41, 5.74) is 5.73. The third-order valence-electron chi connectivity index (χ3n) is 6.24. The minimum Gasteiger partial charge on any atom is -0.493 e. The minimum atomic E-state index is -0.226. The average Bonchev–Trinajstić information content (AvgIpc) is 3.42. The quantitative estimate of drug-likeness (QED) is 0.514. The van der Waals surface area contributed by atoms with Gasteiger partial charge in [0, 0.05) is 54.3 Å². The average molecular weight is 415 g/mol. The summed E-state index contributed by atoms with van der Waals surface area (Å²) in [5.74, 6) is 1.17. The van der Waals surface area contributed by atoms with Crippen LogP contribution in [0.4, 0.5) is 10.3 Å². The van der Waals surface area contributed by atoms with Crippen molar-refractivity contribution in [1.82, 2.24) is 19.7 Å². The van der Waals surface area contributed by atoms with Gasteiger partial charge in [-0.15, -0.1) is 0 Å². The molecule has 2 N–H and O–H groups in total. The summed E-state index contributed by atoms with van der Waals surface area (Å²) in [6.45, 7) is 2.02. The topological polar surface area (TPSA) is 63.5 Å². The molecule has 1 unspecified atom stereocenters. The van der Waals surface area contributed by atoms with E-state index in [9.17, 15) is 4.39 Å². The molecule has 0 bridgehead atoms. The molecule has 7 heteroatoms. The second kappa shape index (κ2) is 7.35. The third-order valence-corrected chi connectivity index (χ3v) is 6.24. The van der Waals surface area contributed by atoms with Gasteiger partial charge in [0.1, 0.15) is 17.2 Å². The van der Waals surface area contributed by atoms with Crippen molar-refractivity contribution in [1.29, 1.82) is 0 Å². The lowest BCUT2D eigenvalue weighted by atomic mass is 9.96. The van der Waals surface area contributed by atoms with Crippen molar-refractivity contribution in [3.8, 4) is 16.9 Å². The third kappa shape index (κ3) is 3.13. The zero-order valence-electron chi connectivity index (χ0n) is 16.9. The van der Waals surface area contributed by atoms with E-state index >= 15 is 0 Å². The maximum absolute atomic E-state index is 14.5. The van der Waals surface area contributed by atoms with Crippen LogP contribution in [-0.2, 0) is 13.0 Å². The highest BCUT2D eigenvalue weighted by atomic mass is 19.1. The molecule has 1 atom stereocenters. The fourth-order valence-corrected chi connectivity index (χ4v) is 4.40. The molecule has 156 valence electrons. The van der Waals surface area contributed by atoms with Crippen LogP contribution in [-0.4, -0.2) is 27.5 Å². The molecule has 2 aliphatic heterocycles. The lowest BCUT2D eigenvalue weighted by Gasteiger charge is -2.28. The Morgan fingerprint density at radius 3 is 2.84 bits per heavy atom. The largest absolute Gasteiger partial charge is 0.493 e. The molecular formula is C24H22FN5O. The van der Waals surface area contributed by atoms with Crippen LogP contribution in [0.3, 0.4) is 0 Å². The van der Waals surface area contributed by atoms with Crippen molar-refractivity contribution in [2.45, 2.75) is 25.4 Å². The number of hydrogen-bond acceptors (Lipinski definition) is 5. The first-order chi connectivity index (χ1) is 15.3. The number of nitrogens with one attached hydrogen (secondary N) is 2. The fourth-order valence-electron chi connectivity index (χ4n) is 4.40. The van der Waals surface area contributed by atoms with E-state index in [4.69, 9.17) is 4.74 Å². The number of fused-ring (bicyclic) bond motifs is 2. The van der Waals surface area contributed by atoms with Gasteiger partial charge in [-0.05, 0) is 36.2 Å². The highest BCUT2D eigenvalue weighted by Gasteiger charge is 2.20. The molecule has 0 aliphatic carbocycles. The number of aromatic nitrogens is 3. The molecule has 6 nitrogen and oxygen atoms in total. The van der Waals surface area contributed by atoms with E-state index in [0.717, 1.165) is 41.1 Å². The first kappa shape index (κ1) is 18.3. The van der Waals surface area contributed by atoms with Gasteiger partial charge < -0.3 is 15.4 Å². The Bertz CT molecular complexity index is 1260. The Balaban J connectivity index is 1.29. The van der Waals surface area contributed by atoms with Crippen molar-refractivity contribution in [3.63, 3.8) is 0 Å². The van der Waals surface area contributed by atoms with Crippen molar-refractivity contribution in [2.75, 3.05) is 18.5 Å². The van der Waals surface area contributed by atoms with Crippen LogP contribution in [0.25, 0.3) is 16.8 Å². The molecule has 0 spiro atoms. The van der Waals surface area contributed by atoms with E-state index in [1.807, 2.05) is 16.8 Å². The molecule has 0 amide bonds. The van der Waals surface area contributed by atoms with Gasteiger partial charge in [0.2, 0.25) is 5.95 Å². The first-order valence-electron chi connectivity index (χ1n) is 10.6. The van der Waals surface area contributed by atoms with Crippen LogP contribution in [0, 0.1) is 5.82 Å². The van der Waals surface area contributed by atoms with Gasteiger partial charge in [0.05, 0.1) is 6.61 Å². The summed E-state index contributed by atoms with van der Waals surface area (Å²) >= 11 is 0. The number of benzene rings is 2. The molecule has 1 saturated heterocycles. The van der Waals surface area contributed by atoms with Crippen LogP contribution in [0.2, 0.25) is 0 Å². The van der Waals surface area contributed by atoms with Gasteiger partial charge in [-0.1, -0.05) is 24.3 Å². The number of imidazole rings is 1. The van der Waals surface area contributed by atoms with Gasteiger partial charge >= 0.3 is 0 Å². The number of anilines is 1. The van der Waals surface area contributed by atoms with Gasteiger partial charge in [0.25, 0.3) is 0 Å².